The standard InChI is InChI=1S/C22H25N5OS/c1-4-19-18(17-8-6-7-9-20(17)28-19)14-25(3)15-27-22(29)26(5-2)21(24-27)16-10-12-23-13-11-16/h6-13H,4-5,14-15H2,1-3H3. The maximum Gasteiger partial charge on any atom is 0.199 e. The van der Waals surface area contributed by atoms with E-state index in [4.69, 9.17) is 21.7 Å². The molecule has 0 saturated carbocycles. The SMILES string of the molecule is CCc1oc2ccccc2c1CN(C)Cn1nc(-c2ccncc2)n(CC)c1=S. The molecule has 6 nitrogen and oxygen atoms in total. The molecule has 0 spiro atoms. The van der Waals surface area contributed by atoms with E-state index in [1.807, 2.05) is 28.9 Å². The average molecular weight is 408 g/mol. The van der Waals surface area contributed by atoms with Gasteiger partial charge in [-0.15, -0.1) is 0 Å². The number of hydrogen-bond acceptors (Lipinski definition) is 5. The minimum atomic E-state index is 0.604. The van der Waals surface area contributed by atoms with E-state index in [2.05, 4.69) is 47.5 Å². The van der Waals surface area contributed by atoms with E-state index >= 15 is 0 Å². The van der Waals surface area contributed by atoms with E-state index in [9.17, 15) is 0 Å². The number of furan rings is 1. The topological polar surface area (TPSA) is 52.0 Å². The molecule has 0 saturated heterocycles. The van der Waals surface area contributed by atoms with Crippen LogP contribution in [0.4, 0.5) is 0 Å². The van der Waals surface area contributed by atoms with Crippen molar-refractivity contribution in [3.63, 3.8) is 0 Å². The summed E-state index contributed by atoms with van der Waals surface area (Å²) in [6.45, 7) is 6.35. The van der Waals surface area contributed by atoms with Gasteiger partial charge in [-0.1, -0.05) is 25.1 Å². The van der Waals surface area contributed by atoms with Gasteiger partial charge < -0.3 is 8.98 Å². The normalized spacial score (nSPS) is 11.6. The summed E-state index contributed by atoms with van der Waals surface area (Å²) >= 11 is 5.71. The molecule has 150 valence electrons. The highest BCUT2D eigenvalue weighted by atomic mass is 32.1. The molecule has 0 bridgehead atoms. The van der Waals surface area contributed by atoms with Gasteiger partial charge in [-0.05, 0) is 44.4 Å². The molecule has 0 fully saturated rings. The van der Waals surface area contributed by atoms with Crippen molar-refractivity contribution < 1.29 is 4.42 Å². The highest BCUT2D eigenvalue weighted by Crippen LogP contribution is 2.27. The van der Waals surface area contributed by atoms with E-state index in [0.29, 0.717) is 6.67 Å². The summed E-state index contributed by atoms with van der Waals surface area (Å²) in [6.07, 6.45) is 4.42. The Morgan fingerprint density at radius 2 is 1.86 bits per heavy atom. The molecular formula is C22H25N5OS. The second-order valence-electron chi connectivity index (χ2n) is 7.09. The first-order chi connectivity index (χ1) is 14.1. The monoisotopic (exact) mass is 407 g/mol. The number of fused-ring (bicyclic) bond motifs is 1. The van der Waals surface area contributed by atoms with Gasteiger partial charge in [-0.25, -0.2) is 4.68 Å². The zero-order valence-electron chi connectivity index (χ0n) is 17.0. The number of pyridine rings is 1. The van der Waals surface area contributed by atoms with Crippen LogP contribution in [0.25, 0.3) is 22.4 Å². The Morgan fingerprint density at radius 1 is 1.10 bits per heavy atom. The molecule has 0 radical (unpaired) electrons. The van der Waals surface area contributed by atoms with Crippen LogP contribution < -0.4 is 0 Å². The first-order valence-electron chi connectivity index (χ1n) is 9.88. The van der Waals surface area contributed by atoms with E-state index in [0.717, 1.165) is 47.0 Å². The molecule has 0 N–H and O–H groups in total. The minimum absolute atomic E-state index is 0.604. The highest BCUT2D eigenvalue weighted by molar-refractivity contribution is 7.71. The molecule has 0 aliphatic heterocycles. The number of benzene rings is 1. The first-order valence-corrected chi connectivity index (χ1v) is 10.3. The third-order valence-electron chi connectivity index (χ3n) is 5.08. The van der Waals surface area contributed by atoms with Crippen molar-refractivity contribution in [3.8, 4) is 11.4 Å². The Bertz CT molecular complexity index is 1180. The Morgan fingerprint density at radius 3 is 2.59 bits per heavy atom. The number of nitrogens with zero attached hydrogens (tertiary/aromatic N) is 5. The molecule has 7 heteroatoms. The van der Waals surface area contributed by atoms with Crippen LogP contribution >= 0.6 is 12.2 Å². The number of rotatable bonds is 7. The molecule has 0 atom stereocenters. The average Bonchev–Trinajstić information content (AvgIpc) is 3.26. The van der Waals surface area contributed by atoms with Crippen LogP contribution in [0.1, 0.15) is 25.2 Å². The zero-order chi connectivity index (χ0) is 20.4. The summed E-state index contributed by atoms with van der Waals surface area (Å²) < 4.78 is 10.7. The lowest BCUT2D eigenvalue weighted by molar-refractivity contribution is 0.243. The fourth-order valence-electron chi connectivity index (χ4n) is 3.69. The van der Waals surface area contributed by atoms with E-state index in [-0.39, 0.29) is 0 Å². The van der Waals surface area contributed by atoms with Crippen LogP contribution in [-0.2, 0) is 26.2 Å². The molecule has 4 rings (SSSR count). The molecule has 1 aromatic carbocycles. The number of para-hydroxylation sites is 1. The van der Waals surface area contributed by atoms with Crippen LogP contribution in [0.15, 0.2) is 53.2 Å². The maximum atomic E-state index is 6.04. The van der Waals surface area contributed by atoms with Crippen molar-refractivity contribution in [2.75, 3.05) is 7.05 Å². The summed E-state index contributed by atoms with van der Waals surface area (Å²) in [5.41, 5.74) is 3.20. The third-order valence-corrected chi connectivity index (χ3v) is 5.52. The number of aryl methyl sites for hydroxylation is 1. The van der Waals surface area contributed by atoms with Gasteiger partial charge in [-0.3, -0.25) is 9.88 Å². The lowest BCUT2D eigenvalue weighted by Gasteiger charge is -2.16. The van der Waals surface area contributed by atoms with Gasteiger partial charge in [0.05, 0.1) is 6.67 Å². The maximum absolute atomic E-state index is 6.04. The van der Waals surface area contributed by atoms with E-state index < -0.39 is 0 Å². The molecular weight excluding hydrogens is 382 g/mol. The Balaban J connectivity index is 1.62. The summed E-state index contributed by atoms with van der Waals surface area (Å²) in [5, 5.41) is 5.98. The smallest absolute Gasteiger partial charge is 0.199 e. The quantitative estimate of drug-likeness (QED) is 0.408. The lowest BCUT2D eigenvalue weighted by Crippen LogP contribution is -2.23. The minimum Gasteiger partial charge on any atom is -0.461 e. The molecule has 0 amide bonds. The van der Waals surface area contributed by atoms with Gasteiger partial charge in [0, 0.05) is 48.4 Å². The largest absolute Gasteiger partial charge is 0.461 e. The Hall–Kier alpha value is -2.77. The van der Waals surface area contributed by atoms with Gasteiger partial charge >= 0.3 is 0 Å². The zero-order valence-corrected chi connectivity index (χ0v) is 17.8. The van der Waals surface area contributed by atoms with Crippen LogP contribution in [0.3, 0.4) is 0 Å². The van der Waals surface area contributed by atoms with Crippen molar-refractivity contribution in [2.45, 2.75) is 40.0 Å². The lowest BCUT2D eigenvalue weighted by atomic mass is 10.1. The predicted molar refractivity (Wildman–Crippen MR) is 117 cm³/mol. The molecule has 29 heavy (non-hydrogen) atoms. The summed E-state index contributed by atoms with van der Waals surface area (Å²) in [5.74, 6) is 1.91. The summed E-state index contributed by atoms with van der Waals surface area (Å²) in [6, 6.07) is 12.1. The van der Waals surface area contributed by atoms with Crippen molar-refractivity contribution >= 4 is 23.2 Å². The second kappa shape index (κ2) is 8.31. The van der Waals surface area contributed by atoms with Crippen LogP contribution in [0, 0.1) is 4.77 Å². The van der Waals surface area contributed by atoms with Gasteiger partial charge in [0.2, 0.25) is 0 Å². The fourth-order valence-corrected chi connectivity index (χ4v) is 4.00. The highest BCUT2D eigenvalue weighted by Gasteiger charge is 2.16. The van der Waals surface area contributed by atoms with Crippen molar-refractivity contribution in [2.24, 2.45) is 0 Å². The fraction of sp³-hybridized carbons (Fsp3) is 0.318. The van der Waals surface area contributed by atoms with E-state index in [1.54, 1.807) is 12.4 Å². The molecule has 4 aromatic rings. The third kappa shape index (κ3) is 3.75. The molecule has 0 aliphatic rings. The van der Waals surface area contributed by atoms with Crippen LogP contribution in [0.5, 0.6) is 0 Å². The molecule has 3 aromatic heterocycles. The molecule has 0 unspecified atom stereocenters. The first kappa shape index (κ1) is 19.5. The Labute approximate surface area is 175 Å². The van der Waals surface area contributed by atoms with Gasteiger partial charge in [0.1, 0.15) is 11.3 Å². The van der Waals surface area contributed by atoms with Gasteiger partial charge in [-0.2, -0.15) is 5.10 Å². The number of aromatic nitrogens is 4. The summed E-state index contributed by atoms with van der Waals surface area (Å²) in [4.78, 5) is 6.32. The van der Waals surface area contributed by atoms with Crippen molar-refractivity contribution in [3.05, 3.63) is 64.9 Å². The number of hydrogen-bond donors (Lipinski definition) is 0. The molecule has 0 aliphatic carbocycles. The van der Waals surface area contributed by atoms with Crippen molar-refractivity contribution in [1.82, 2.24) is 24.2 Å². The predicted octanol–water partition coefficient (Wildman–Crippen LogP) is 4.89. The van der Waals surface area contributed by atoms with E-state index in [1.165, 1.54) is 10.9 Å². The summed E-state index contributed by atoms with van der Waals surface area (Å²) in [7, 11) is 2.08. The Kier molecular flexibility index (Phi) is 5.60. The second-order valence-corrected chi connectivity index (χ2v) is 7.46. The molecule has 3 heterocycles. The van der Waals surface area contributed by atoms with Crippen molar-refractivity contribution in [1.29, 1.82) is 0 Å². The van der Waals surface area contributed by atoms with Crippen LogP contribution in [0.2, 0.25) is 0 Å². The van der Waals surface area contributed by atoms with Gasteiger partial charge in [0.15, 0.2) is 10.6 Å². The van der Waals surface area contributed by atoms with Crippen LogP contribution in [-0.4, -0.2) is 31.3 Å². The van der Waals surface area contributed by atoms with Gasteiger partial charge in [0.25, 0.3) is 0 Å².